The number of carbonyl (C=O) groups excluding carboxylic acids is 2. The number of ketones is 1. The Morgan fingerprint density at radius 1 is 1.03 bits per heavy atom. The topological polar surface area (TPSA) is 57.5 Å². The van der Waals surface area contributed by atoms with Gasteiger partial charge in [-0.1, -0.05) is 23.7 Å². The minimum Gasteiger partial charge on any atom is -0.454 e. The zero-order valence-electron chi connectivity index (χ0n) is 17.8. The molecule has 2 aromatic carbocycles. The number of hydrogen-bond donors (Lipinski definition) is 0. The molecule has 32 heavy (non-hydrogen) atoms. The van der Waals surface area contributed by atoms with Gasteiger partial charge in [-0.3, -0.25) is 9.59 Å². The van der Waals surface area contributed by atoms with Crippen molar-refractivity contribution < 1.29 is 27.8 Å². The minimum atomic E-state index is -2.90. The van der Waals surface area contributed by atoms with Crippen molar-refractivity contribution in [1.29, 1.82) is 0 Å². The fourth-order valence-electron chi connectivity index (χ4n) is 3.47. The van der Waals surface area contributed by atoms with Crippen LogP contribution < -0.4 is 4.74 Å². The SMILES string of the molecule is Cc1cc(C(=O)C(C)OC(=O)Cc2ccc(Cl)cc2)c(C)n1-c1ccc(OC(F)F)cc1. The number of carbonyl (C=O) groups is 2. The Labute approximate surface area is 189 Å². The Kier molecular flexibility index (Phi) is 7.30. The van der Waals surface area contributed by atoms with Gasteiger partial charge in [-0.15, -0.1) is 0 Å². The van der Waals surface area contributed by atoms with E-state index in [4.69, 9.17) is 16.3 Å². The molecule has 3 rings (SSSR count). The molecule has 0 saturated heterocycles. The second-order valence-corrected chi connectivity index (χ2v) is 7.73. The number of rotatable bonds is 8. The summed E-state index contributed by atoms with van der Waals surface area (Å²) in [5.41, 5.74) is 3.26. The van der Waals surface area contributed by atoms with E-state index in [1.54, 1.807) is 49.4 Å². The lowest BCUT2D eigenvalue weighted by Crippen LogP contribution is -2.25. The van der Waals surface area contributed by atoms with Crippen LogP contribution in [0.25, 0.3) is 5.69 Å². The highest BCUT2D eigenvalue weighted by Crippen LogP contribution is 2.25. The molecule has 0 saturated carbocycles. The molecule has 1 unspecified atom stereocenters. The molecule has 1 aromatic heterocycles. The number of alkyl halides is 2. The van der Waals surface area contributed by atoms with Crippen LogP contribution in [0.5, 0.6) is 5.75 Å². The first-order valence-electron chi connectivity index (χ1n) is 9.88. The molecular formula is C24H22ClF2NO4. The van der Waals surface area contributed by atoms with Crippen LogP contribution in [-0.2, 0) is 16.0 Å². The molecule has 0 aliphatic heterocycles. The summed E-state index contributed by atoms with van der Waals surface area (Å²) in [5, 5.41) is 0.567. The standard InChI is InChI=1S/C24H22ClF2NO4/c1-14-12-21(15(2)28(14)19-8-10-20(11-9-19)32-24(26)27)23(30)16(3)31-22(29)13-17-4-6-18(25)7-5-17/h4-12,16,24H,13H2,1-3H3. The highest BCUT2D eigenvalue weighted by Gasteiger charge is 2.24. The molecule has 3 aromatic rings. The Morgan fingerprint density at radius 2 is 1.66 bits per heavy atom. The van der Waals surface area contributed by atoms with Gasteiger partial charge in [0.25, 0.3) is 0 Å². The average Bonchev–Trinajstić information content (AvgIpc) is 3.03. The van der Waals surface area contributed by atoms with Crippen molar-refractivity contribution in [3.8, 4) is 11.4 Å². The zero-order valence-corrected chi connectivity index (χ0v) is 18.5. The average molecular weight is 462 g/mol. The molecule has 0 fully saturated rings. The molecule has 0 aliphatic rings. The number of esters is 1. The maximum atomic E-state index is 13.0. The van der Waals surface area contributed by atoms with Gasteiger partial charge < -0.3 is 14.0 Å². The summed E-state index contributed by atoms with van der Waals surface area (Å²) >= 11 is 5.84. The lowest BCUT2D eigenvalue weighted by atomic mass is 10.1. The van der Waals surface area contributed by atoms with E-state index in [0.29, 0.717) is 22.0 Å². The van der Waals surface area contributed by atoms with Crippen LogP contribution in [0.2, 0.25) is 5.02 Å². The third-order valence-corrected chi connectivity index (χ3v) is 5.21. The largest absolute Gasteiger partial charge is 0.454 e. The first-order chi connectivity index (χ1) is 15.2. The van der Waals surface area contributed by atoms with Gasteiger partial charge in [0.2, 0.25) is 5.78 Å². The summed E-state index contributed by atoms with van der Waals surface area (Å²) in [4.78, 5) is 25.2. The quantitative estimate of drug-likeness (QED) is 0.318. The summed E-state index contributed by atoms with van der Waals surface area (Å²) in [5.74, 6) is -0.799. The number of nitrogens with zero attached hydrogens (tertiary/aromatic N) is 1. The smallest absolute Gasteiger partial charge is 0.387 e. The number of hydrogen-bond acceptors (Lipinski definition) is 4. The van der Waals surface area contributed by atoms with Crippen molar-refractivity contribution >= 4 is 23.4 Å². The highest BCUT2D eigenvalue weighted by atomic mass is 35.5. The first kappa shape index (κ1) is 23.5. The van der Waals surface area contributed by atoms with Crippen LogP contribution in [0, 0.1) is 13.8 Å². The third-order valence-electron chi connectivity index (χ3n) is 4.96. The van der Waals surface area contributed by atoms with Crippen LogP contribution >= 0.6 is 11.6 Å². The Hall–Kier alpha value is -3.19. The molecule has 0 spiro atoms. The fourth-order valence-corrected chi connectivity index (χ4v) is 3.59. The Balaban J connectivity index is 1.73. The van der Waals surface area contributed by atoms with E-state index >= 15 is 0 Å². The summed E-state index contributed by atoms with van der Waals surface area (Å²) in [6.07, 6.45) is -0.938. The van der Waals surface area contributed by atoms with Crippen molar-refractivity contribution in [3.05, 3.63) is 82.1 Å². The van der Waals surface area contributed by atoms with Crippen LogP contribution in [0.15, 0.2) is 54.6 Å². The maximum Gasteiger partial charge on any atom is 0.387 e. The number of benzene rings is 2. The van der Waals surface area contributed by atoms with Crippen molar-refractivity contribution in [3.63, 3.8) is 0 Å². The molecular weight excluding hydrogens is 440 g/mol. The fraction of sp³-hybridized carbons (Fsp3) is 0.250. The number of Topliss-reactive ketones (excluding diaryl/α,β-unsaturated/α-hetero) is 1. The number of aromatic nitrogens is 1. The molecule has 1 atom stereocenters. The Morgan fingerprint density at radius 3 is 2.25 bits per heavy atom. The first-order valence-corrected chi connectivity index (χ1v) is 10.3. The minimum absolute atomic E-state index is 0.0286. The Bertz CT molecular complexity index is 1110. The zero-order chi connectivity index (χ0) is 23.4. The lowest BCUT2D eigenvalue weighted by molar-refractivity contribution is -0.145. The molecule has 1 heterocycles. The normalized spacial score (nSPS) is 12.0. The predicted molar refractivity (Wildman–Crippen MR) is 117 cm³/mol. The van der Waals surface area contributed by atoms with Crippen LogP contribution in [0.3, 0.4) is 0 Å². The van der Waals surface area contributed by atoms with E-state index in [2.05, 4.69) is 4.74 Å². The van der Waals surface area contributed by atoms with E-state index in [1.165, 1.54) is 19.1 Å². The summed E-state index contributed by atoms with van der Waals surface area (Å²) < 4.78 is 36.3. The number of halogens is 3. The van der Waals surface area contributed by atoms with E-state index in [1.807, 2.05) is 11.5 Å². The van der Waals surface area contributed by atoms with Gasteiger partial charge in [0.05, 0.1) is 6.42 Å². The van der Waals surface area contributed by atoms with Crippen molar-refractivity contribution in [2.75, 3.05) is 0 Å². The predicted octanol–water partition coefficient (Wildman–Crippen LogP) is 5.71. The van der Waals surface area contributed by atoms with Gasteiger partial charge in [-0.2, -0.15) is 8.78 Å². The summed E-state index contributed by atoms with van der Waals surface area (Å²) in [6, 6.07) is 14.6. The lowest BCUT2D eigenvalue weighted by Gasteiger charge is -2.14. The van der Waals surface area contributed by atoms with Crippen molar-refractivity contribution in [1.82, 2.24) is 4.57 Å². The molecule has 0 radical (unpaired) electrons. The maximum absolute atomic E-state index is 13.0. The van der Waals surface area contributed by atoms with Crippen LogP contribution in [-0.4, -0.2) is 29.0 Å². The molecule has 0 aliphatic carbocycles. The number of aryl methyl sites for hydroxylation is 1. The monoisotopic (exact) mass is 461 g/mol. The van der Waals surface area contributed by atoms with Gasteiger partial charge in [0.1, 0.15) is 5.75 Å². The number of ether oxygens (including phenoxy) is 2. The second-order valence-electron chi connectivity index (χ2n) is 7.29. The van der Waals surface area contributed by atoms with E-state index in [-0.39, 0.29) is 18.0 Å². The molecule has 0 amide bonds. The van der Waals surface area contributed by atoms with E-state index in [9.17, 15) is 18.4 Å². The van der Waals surface area contributed by atoms with Gasteiger partial charge in [0, 0.05) is 27.7 Å². The van der Waals surface area contributed by atoms with E-state index < -0.39 is 18.7 Å². The second kappa shape index (κ2) is 9.96. The van der Waals surface area contributed by atoms with Crippen molar-refractivity contribution in [2.24, 2.45) is 0 Å². The third kappa shape index (κ3) is 5.53. The van der Waals surface area contributed by atoms with Gasteiger partial charge >= 0.3 is 12.6 Å². The van der Waals surface area contributed by atoms with Gasteiger partial charge in [-0.05, 0) is 68.8 Å². The van der Waals surface area contributed by atoms with Crippen molar-refractivity contribution in [2.45, 2.75) is 39.9 Å². The van der Waals surface area contributed by atoms with Gasteiger partial charge in [0.15, 0.2) is 6.10 Å². The van der Waals surface area contributed by atoms with Gasteiger partial charge in [-0.25, -0.2) is 0 Å². The molecule has 0 bridgehead atoms. The molecule has 168 valence electrons. The highest BCUT2D eigenvalue weighted by molar-refractivity contribution is 6.30. The summed E-state index contributed by atoms with van der Waals surface area (Å²) in [7, 11) is 0. The molecule has 0 N–H and O–H groups in total. The van der Waals surface area contributed by atoms with Crippen LogP contribution in [0.1, 0.15) is 34.2 Å². The molecule has 8 heteroatoms. The van der Waals surface area contributed by atoms with E-state index in [0.717, 1.165) is 11.3 Å². The summed E-state index contributed by atoms with van der Waals surface area (Å²) in [6.45, 7) is 2.23. The van der Waals surface area contributed by atoms with Crippen LogP contribution in [0.4, 0.5) is 8.78 Å². The molecule has 5 nitrogen and oxygen atoms in total.